The van der Waals surface area contributed by atoms with Gasteiger partial charge in [-0.05, 0) is 23.8 Å². The van der Waals surface area contributed by atoms with Crippen LogP contribution in [0, 0.1) is 5.41 Å². The summed E-state index contributed by atoms with van der Waals surface area (Å²) >= 11 is 0. The lowest BCUT2D eigenvalue weighted by Crippen LogP contribution is -2.34. The van der Waals surface area contributed by atoms with Crippen molar-refractivity contribution in [3.63, 3.8) is 0 Å². The van der Waals surface area contributed by atoms with Crippen molar-refractivity contribution in [1.29, 1.82) is 0 Å². The maximum absolute atomic E-state index is 5.89. The van der Waals surface area contributed by atoms with Crippen molar-refractivity contribution in [1.82, 2.24) is 5.32 Å². The zero-order chi connectivity index (χ0) is 12.8. The molecule has 1 atom stereocenters. The van der Waals surface area contributed by atoms with Crippen LogP contribution in [0.3, 0.4) is 0 Å². The molecular weight excluding hydrogens is 220 g/mol. The Bertz CT molecular complexity index is 341. The largest absolute Gasteiger partial charge is 0.330 e. The van der Waals surface area contributed by atoms with Crippen molar-refractivity contribution < 1.29 is 0 Å². The molecule has 1 aliphatic rings. The van der Waals surface area contributed by atoms with Gasteiger partial charge >= 0.3 is 0 Å². The van der Waals surface area contributed by atoms with E-state index in [1.807, 2.05) is 0 Å². The van der Waals surface area contributed by atoms with Crippen LogP contribution in [0.15, 0.2) is 30.3 Å². The molecule has 1 saturated carbocycles. The number of rotatable bonds is 6. The van der Waals surface area contributed by atoms with Gasteiger partial charge in [0.2, 0.25) is 0 Å². The van der Waals surface area contributed by atoms with Gasteiger partial charge < -0.3 is 11.1 Å². The van der Waals surface area contributed by atoms with Crippen molar-refractivity contribution in [3.05, 3.63) is 35.9 Å². The average molecular weight is 246 g/mol. The lowest BCUT2D eigenvalue weighted by molar-refractivity contribution is 0.312. The summed E-state index contributed by atoms with van der Waals surface area (Å²) in [5.41, 5.74) is 7.77. The molecule has 100 valence electrons. The highest BCUT2D eigenvalue weighted by Crippen LogP contribution is 2.36. The second-order valence-electron chi connectivity index (χ2n) is 5.99. The van der Waals surface area contributed by atoms with E-state index in [1.165, 1.54) is 31.2 Å². The molecule has 0 amide bonds. The summed E-state index contributed by atoms with van der Waals surface area (Å²) in [6, 6.07) is 10.6. The van der Waals surface area contributed by atoms with E-state index < -0.39 is 0 Å². The molecule has 1 aromatic rings. The van der Waals surface area contributed by atoms with E-state index in [0.29, 0.717) is 17.9 Å². The monoisotopic (exact) mass is 246 g/mol. The van der Waals surface area contributed by atoms with E-state index in [2.05, 4.69) is 42.6 Å². The summed E-state index contributed by atoms with van der Waals surface area (Å²) < 4.78 is 0. The molecule has 1 unspecified atom stereocenters. The summed E-state index contributed by atoms with van der Waals surface area (Å²) in [5.74, 6) is 0.441. The zero-order valence-electron chi connectivity index (χ0n) is 11.5. The smallest absolute Gasteiger partial charge is 0.00863 e. The van der Waals surface area contributed by atoms with Gasteiger partial charge in [0.15, 0.2) is 0 Å². The highest BCUT2D eigenvalue weighted by molar-refractivity contribution is 5.20. The summed E-state index contributed by atoms with van der Waals surface area (Å²) in [4.78, 5) is 0. The summed E-state index contributed by atoms with van der Waals surface area (Å²) in [5, 5.41) is 3.64. The molecule has 0 bridgehead atoms. The first-order chi connectivity index (χ1) is 8.73. The molecule has 2 heteroatoms. The third-order valence-corrected chi connectivity index (χ3v) is 4.31. The highest BCUT2D eigenvalue weighted by Gasteiger charge is 2.28. The Labute approximate surface area is 111 Å². The molecule has 1 aromatic carbocycles. The van der Waals surface area contributed by atoms with E-state index >= 15 is 0 Å². The third kappa shape index (κ3) is 3.56. The van der Waals surface area contributed by atoms with Crippen LogP contribution in [-0.4, -0.2) is 19.6 Å². The van der Waals surface area contributed by atoms with Crippen LogP contribution in [0.1, 0.15) is 44.1 Å². The van der Waals surface area contributed by atoms with Crippen LogP contribution in [0.5, 0.6) is 0 Å². The summed E-state index contributed by atoms with van der Waals surface area (Å²) in [7, 11) is 0. The zero-order valence-corrected chi connectivity index (χ0v) is 11.5. The van der Waals surface area contributed by atoms with Crippen LogP contribution >= 0.6 is 0 Å². The van der Waals surface area contributed by atoms with Crippen molar-refractivity contribution in [2.75, 3.05) is 19.6 Å². The molecule has 0 aromatic heterocycles. The van der Waals surface area contributed by atoms with Gasteiger partial charge in [0.25, 0.3) is 0 Å². The van der Waals surface area contributed by atoms with E-state index in [1.54, 1.807) is 0 Å². The Kier molecular flexibility index (Phi) is 4.79. The average Bonchev–Trinajstić information content (AvgIpc) is 2.83. The Morgan fingerprint density at radius 3 is 2.50 bits per heavy atom. The van der Waals surface area contributed by atoms with E-state index in [-0.39, 0.29) is 0 Å². The normalized spacial score (nSPS) is 19.9. The maximum atomic E-state index is 5.89. The van der Waals surface area contributed by atoms with Gasteiger partial charge in [-0.3, -0.25) is 0 Å². The Hall–Kier alpha value is -0.860. The molecule has 2 nitrogen and oxygen atoms in total. The van der Waals surface area contributed by atoms with Crippen LogP contribution in [0.4, 0.5) is 0 Å². The fourth-order valence-electron chi connectivity index (χ4n) is 3.02. The minimum atomic E-state index is 0.441. The van der Waals surface area contributed by atoms with Gasteiger partial charge in [0.05, 0.1) is 0 Å². The highest BCUT2D eigenvalue weighted by atomic mass is 14.9. The van der Waals surface area contributed by atoms with Gasteiger partial charge in [0, 0.05) is 25.6 Å². The first-order valence-corrected chi connectivity index (χ1v) is 7.19. The van der Waals surface area contributed by atoms with Crippen molar-refractivity contribution in [2.45, 2.75) is 38.5 Å². The Balaban J connectivity index is 1.81. The Morgan fingerprint density at radius 2 is 1.89 bits per heavy atom. The number of hydrogen-bond donors (Lipinski definition) is 2. The van der Waals surface area contributed by atoms with E-state index in [4.69, 9.17) is 5.73 Å². The second-order valence-corrected chi connectivity index (χ2v) is 5.99. The molecule has 1 fully saturated rings. The van der Waals surface area contributed by atoms with E-state index in [0.717, 1.165) is 13.1 Å². The molecule has 0 heterocycles. The molecule has 0 aliphatic heterocycles. The van der Waals surface area contributed by atoms with Crippen LogP contribution in [0.25, 0.3) is 0 Å². The van der Waals surface area contributed by atoms with Crippen molar-refractivity contribution in [2.24, 2.45) is 11.1 Å². The predicted molar refractivity (Wildman–Crippen MR) is 77.7 cm³/mol. The Morgan fingerprint density at radius 1 is 1.22 bits per heavy atom. The fraction of sp³-hybridized carbons (Fsp3) is 0.625. The minimum Gasteiger partial charge on any atom is -0.330 e. The van der Waals surface area contributed by atoms with Gasteiger partial charge in [0.1, 0.15) is 0 Å². The number of nitrogens with two attached hydrogens (primary N) is 1. The molecule has 1 aliphatic carbocycles. The second kappa shape index (κ2) is 6.35. The van der Waals surface area contributed by atoms with Gasteiger partial charge in [-0.2, -0.15) is 0 Å². The van der Waals surface area contributed by atoms with Gasteiger partial charge in [-0.1, -0.05) is 50.1 Å². The maximum Gasteiger partial charge on any atom is 0.00863 e. The van der Waals surface area contributed by atoms with Gasteiger partial charge in [-0.25, -0.2) is 0 Å². The lowest BCUT2D eigenvalue weighted by atomic mass is 9.88. The van der Waals surface area contributed by atoms with Crippen molar-refractivity contribution in [3.8, 4) is 0 Å². The molecule has 3 N–H and O–H groups in total. The first-order valence-electron chi connectivity index (χ1n) is 7.19. The van der Waals surface area contributed by atoms with Crippen molar-refractivity contribution >= 4 is 0 Å². The molecule has 2 rings (SSSR count). The van der Waals surface area contributed by atoms with Gasteiger partial charge in [-0.15, -0.1) is 0 Å². The number of hydrogen-bond acceptors (Lipinski definition) is 2. The van der Waals surface area contributed by atoms with E-state index in [9.17, 15) is 0 Å². The standard InChI is InChI=1S/C16H26N2/c1-16(9-5-6-10-16)13-18-12-15(11-17)14-7-3-2-4-8-14/h2-4,7-8,15,18H,5-6,9-13,17H2,1H3. The summed E-state index contributed by atoms with van der Waals surface area (Å²) in [6.07, 6.45) is 5.55. The topological polar surface area (TPSA) is 38.0 Å². The third-order valence-electron chi connectivity index (χ3n) is 4.31. The molecular formula is C16H26N2. The number of nitrogens with one attached hydrogen (secondary N) is 1. The molecule has 0 saturated heterocycles. The number of benzene rings is 1. The first kappa shape index (κ1) is 13.6. The molecule has 18 heavy (non-hydrogen) atoms. The van der Waals surface area contributed by atoms with Crippen LogP contribution in [0.2, 0.25) is 0 Å². The minimum absolute atomic E-state index is 0.441. The fourth-order valence-corrected chi connectivity index (χ4v) is 3.02. The van der Waals surface area contributed by atoms with Crippen LogP contribution < -0.4 is 11.1 Å². The molecule has 0 spiro atoms. The molecule has 0 radical (unpaired) electrons. The predicted octanol–water partition coefficient (Wildman–Crippen LogP) is 2.90. The van der Waals surface area contributed by atoms with Crippen LogP contribution in [-0.2, 0) is 0 Å². The summed E-state index contributed by atoms with van der Waals surface area (Å²) in [6.45, 7) is 5.26. The SMILES string of the molecule is CC1(CNCC(CN)c2ccccc2)CCCC1. The quantitative estimate of drug-likeness (QED) is 0.810. The lowest BCUT2D eigenvalue weighted by Gasteiger charge is -2.25.